The Bertz CT molecular complexity index is 1430. The number of hydrogen-bond acceptors (Lipinski definition) is 8. The molecule has 0 aliphatic heterocycles. The Hall–Kier alpha value is -4.32. The van der Waals surface area contributed by atoms with Crippen LogP contribution in [0.25, 0.3) is 21.8 Å². The number of aromatic nitrogens is 1. The number of nitro benzene ring substituents is 2. The molecule has 11 nitrogen and oxygen atoms in total. The second kappa shape index (κ2) is 7.74. The van der Waals surface area contributed by atoms with Crippen molar-refractivity contribution in [2.75, 3.05) is 16.3 Å². The lowest BCUT2D eigenvalue weighted by Crippen LogP contribution is -2.09. The SMILES string of the molecule is CS(=O)(=O)Nc1ccc(Nc2c3ccc([N+](=O)[O-])cc3nc3cc([N+](=O)[O-])ccc23)cc1. The Morgan fingerprint density at radius 2 is 1.25 bits per heavy atom. The average molecular weight is 453 g/mol. The molecule has 0 fully saturated rings. The summed E-state index contributed by atoms with van der Waals surface area (Å²) in [5, 5.41) is 26.7. The monoisotopic (exact) mass is 453 g/mol. The van der Waals surface area contributed by atoms with Crippen molar-refractivity contribution in [2.24, 2.45) is 0 Å². The first-order chi connectivity index (χ1) is 15.1. The van der Waals surface area contributed by atoms with Crippen molar-refractivity contribution in [3.8, 4) is 0 Å². The fourth-order valence-corrected chi connectivity index (χ4v) is 3.83. The predicted octanol–water partition coefficient (Wildman–Crippen LogP) is 4.32. The van der Waals surface area contributed by atoms with E-state index in [1.54, 1.807) is 36.4 Å². The van der Waals surface area contributed by atoms with Gasteiger partial charge in [-0.3, -0.25) is 25.0 Å². The van der Waals surface area contributed by atoms with Crippen LogP contribution in [0.4, 0.5) is 28.4 Å². The number of anilines is 3. The molecule has 0 bridgehead atoms. The van der Waals surface area contributed by atoms with Crippen molar-refractivity contribution >= 4 is 60.3 Å². The van der Waals surface area contributed by atoms with Gasteiger partial charge in [-0.2, -0.15) is 0 Å². The number of fused-ring (bicyclic) bond motifs is 2. The van der Waals surface area contributed by atoms with Gasteiger partial charge in [0.25, 0.3) is 11.4 Å². The van der Waals surface area contributed by atoms with Crippen molar-refractivity contribution < 1.29 is 18.3 Å². The van der Waals surface area contributed by atoms with E-state index in [-0.39, 0.29) is 11.4 Å². The summed E-state index contributed by atoms with van der Waals surface area (Å²) >= 11 is 0. The van der Waals surface area contributed by atoms with Gasteiger partial charge in [0, 0.05) is 46.4 Å². The number of rotatable bonds is 6. The molecular weight excluding hydrogens is 438 g/mol. The van der Waals surface area contributed by atoms with E-state index in [1.807, 2.05) is 0 Å². The van der Waals surface area contributed by atoms with Gasteiger partial charge in [0.15, 0.2) is 0 Å². The highest BCUT2D eigenvalue weighted by Gasteiger charge is 2.16. The van der Waals surface area contributed by atoms with Crippen LogP contribution in [0.3, 0.4) is 0 Å². The minimum atomic E-state index is -3.42. The lowest BCUT2D eigenvalue weighted by Gasteiger charge is -2.14. The molecule has 162 valence electrons. The normalized spacial score (nSPS) is 11.4. The molecule has 3 aromatic carbocycles. The maximum atomic E-state index is 11.4. The minimum absolute atomic E-state index is 0.156. The van der Waals surface area contributed by atoms with E-state index in [0.717, 1.165) is 6.26 Å². The molecule has 1 aromatic heterocycles. The molecule has 1 heterocycles. The van der Waals surface area contributed by atoms with Crippen molar-refractivity contribution in [2.45, 2.75) is 0 Å². The minimum Gasteiger partial charge on any atom is -0.354 e. The highest BCUT2D eigenvalue weighted by molar-refractivity contribution is 7.92. The second-order valence-corrected chi connectivity index (χ2v) is 8.73. The van der Waals surface area contributed by atoms with E-state index in [9.17, 15) is 28.6 Å². The summed E-state index contributed by atoms with van der Waals surface area (Å²) in [5.74, 6) is 0. The summed E-state index contributed by atoms with van der Waals surface area (Å²) in [4.78, 5) is 25.7. The molecule has 2 N–H and O–H groups in total. The number of benzene rings is 3. The summed E-state index contributed by atoms with van der Waals surface area (Å²) in [6.45, 7) is 0. The lowest BCUT2D eigenvalue weighted by atomic mass is 10.1. The van der Waals surface area contributed by atoms with E-state index in [2.05, 4.69) is 15.0 Å². The van der Waals surface area contributed by atoms with Crippen LogP contribution < -0.4 is 10.0 Å². The van der Waals surface area contributed by atoms with Crippen LogP contribution in [0.1, 0.15) is 0 Å². The first-order valence-corrected chi connectivity index (χ1v) is 11.0. The molecular formula is C20H15N5O6S. The van der Waals surface area contributed by atoms with Gasteiger partial charge in [-0.15, -0.1) is 0 Å². The molecule has 0 radical (unpaired) electrons. The Morgan fingerprint density at radius 1 is 0.781 bits per heavy atom. The third-order valence-electron chi connectivity index (χ3n) is 4.62. The van der Waals surface area contributed by atoms with E-state index in [0.29, 0.717) is 38.9 Å². The van der Waals surface area contributed by atoms with Gasteiger partial charge in [-0.05, 0) is 36.4 Å². The maximum absolute atomic E-state index is 11.4. The molecule has 32 heavy (non-hydrogen) atoms. The number of hydrogen-bond donors (Lipinski definition) is 2. The third kappa shape index (κ3) is 4.25. The van der Waals surface area contributed by atoms with Gasteiger partial charge in [0.2, 0.25) is 10.0 Å². The fourth-order valence-electron chi connectivity index (χ4n) is 3.26. The zero-order valence-corrected chi connectivity index (χ0v) is 17.3. The highest BCUT2D eigenvalue weighted by atomic mass is 32.2. The van der Waals surface area contributed by atoms with Crippen LogP contribution in [0, 0.1) is 20.2 Å². The van der Waals surface area contributed by atoms with Gasteiger partial charge in [0.1, 0.15) is 0 Å². The van der Waals surface area contributed by atoms with Crippen LogP contribution >= 0.6 is 0 Å². The first-order valence-electron chi connectivity index (χ1n) is 9.12. The molecule has 0 amide bonds. The Morgan fingerprint density at radius 3 is 1.69 bits per heavy atom. The number of nitrogens with zero attached hydrogens (tertiary/aromatic N) is 3. The molecule has 4 rings (SSSR count). The van der Waals surface area contributed by atoms with Crippen molar-refractivity contribution in [3.05, 3.63) is 80.9 Å². The fraction of sp³-hybridized carbons (Fsp3) is 0.0500. The molecule has 0 saturated heterocycles. The smallest absolute Gasteiger partial charge is 0.271 e. The summed E-state index contributed by atoms with van der Waals surface area (Å²) < 4.78 is 25.2. The summed E-state index contributed by atoms with van der Waals surface area (Å²) in [6, 6.07) is 14.9. The lowest BCUT2D eigenvalue weighted by molar-refractivity contribution is -0.384. The largest absolute Gasteiger partial charge is 0.354 e. The van der Waals surface area contributed by atoms with Gasteiger partial charge < -0.3 is 5.32 Å². The highest BCUT2D eigenvalue weighted by Crippen LogP contribution is 2.36. The third-order valence-corrected chi connectivity index (χ3v) is 5.23. The zero-order valence-electron chi connectivity index (χ0n) is 16.5. The molecule has 0 saturated carbocycles. The molecule has 4 aromatic rings. The standard InChI is InChI=1S/C20H15N5O6S/c1-32(30,31)23-13-4-2-12(3-5-13)21-20-16-8-6-14(24(26)27)10-18(16)22-19-11-15(25(28)29)7-9-17(19)20/h2-11,23H,1H3,(H,21,22). The van der Waals surface area contributed by atoms with Gasteiger partial charge in [-0.25, -0.2) is 13.4 Å². The van der Waals surface area contributed by atoms with Gasteiger partial charge >= 0.3 is 0 Å². The Kier molecular flexibility index (Phi) is 5.06. The summed E-state index contributed by atoms with van der Waals surface area (Å²) in [7, 11) is -3.42. The summed E-state index contributed by atoms with van der Waals surface area (Å²) in [5.41, 5.74) is 1.82. The van der Waals surface area contributed by atoms with Gasteiger partial charge in [0.05, 0.1) is 32.8 Å². The predicted molar refractivity (Wildman–Crippen MR) is 121 cm³/mol. The van der Waals surface area contributed by atoms with Crippen LogP contribution in [-0.4, -0.2) is 29.5 Å². The Balaban J connectivity index is 1.87. The van der Waals surface area contributed by atoms with E-state index in [1.165, 1.54) is 24.3 Å². The van der Waals surface area contributed by atoms with Gasteiger partial charge in [-0.1, -0.05) is 0 Å². The Labute approximate surface area is 181 Å². The van der Waals surface area contributed by atoms with Crippen molar-refractivity contribution in [1.29, 1.82) is 0 Å². The molecule has 0 aliphatic carbocycles. The topological polar surface area (TPSA) is 157 Å². The quantitative estimate of drug-likeness (QED) is 0.248. The number of nitrogens with one attached hydrogen (secondary N) is 2. The van der Waals surface area contributed by atoms with Crippen molar-refractivity contribution in [3.63, 3.8) is 0 Å². The van der Waals surface area contributed by atoms with Crippen molar-refractivity contribution in [1.82, 2.24) is 4.98 Å². The number of nitro groups is 2. The summed E-state index contributed by atoms with van der Waals surface area (Å²) in [6.07, 6.45) is 1.05. The number of sulfonamides is 1. The molecule has 0 aliphatic rings. The second-order valence-electron chi connectivity index (χ2n) is 6.98. The van der Waals surface area contributed by atoms with E-state index in [4.69, 9.17) is 0 Å². The molecule has 0 unspecified atom stereocenters. The van der Waals surface area contributed by atoms with Crippen LogP contribution in [0.5, 0.6) is 0 Å². The van der Waals surface area contributed by atoms with Crippen LogP contribution in [0.15, 0.2) is 60.7 Å². The maximum Gasteiger partial charge on any atom is 0.271 e. The molecule has 0 atom stereocenters. The molecule has 12 heteroatoms. The van der Waals surface area contributed by atoms with Crippen LogP contribution in [0.2, 0.25) is 0 Å². The number of pyridine rings is 1. The average Bonchev–Trinajstić information content (AvgIpc) is 2.72. The van der Waals surface area contributed by atoms with E-state index >= 15 is 0 Å². The van der Waals surface area contributed by atoms with E-state index < -0.39 is 19.9 Å². The number of non-ortho nitro benzene ring substituents is 2. The molecule has 0 spiro atoms. The zero-order chi connectivity index (χ0) is 23.0. The van der Waals surface area contributed by atoms with Crippen LogP contribution in [-0.2, 0) is 10.0 Å². The first kappa shape index (κ1) is 20.9.